The second kappa shape index (κ2) is 7.21. The molecule has 0 fully saturated rings. The van der Waals surface area contributed by atoms with Gasteiger partial charge in [-0.15, -0.1) is 0 Å². The standard InChI is InChI=1S/C16H15NO5/c1-21-16(18)10-13-7-8-15(14(9-13)17(19)20)22-11-12-5-3-2-4-6-12/h2-9H,10-11H2,1H3. The maximum Gasteiger partial charge on any atom is 0.311 e. The van der Waals surface area contributed by atoms with Gasteiger partial charge in [0.1, 0.15) is 6.61 Å². The summed E-state index contributed by atoms with van der Waals surface area (Å²) in [6, 6.07) is 13.8. The van der Waals surface area contributed by atoms with Crippen molar-refractivity contribution in [2.75, 3.05) is 7.11 Å². The lowest BCUT2D eigenvalue weighted by Gasteiger charge is -2.08. The third-order valence-electron chi connectivity index (χ3n) is 3.03. The van der Waals surface area contributed by atoms with Crippen LogP contribution in [0.5, 0.6) is 5.75 Å². The number of nitrogens with zero attached hydrogens (tertiary/aromatic N) is 1. The van der Waals surface area contributed by atoms with Crippen molar-refractivity contribution < 1.29 is 19.2 Å². The fourth-order valence-electron chi connectivity index (χ4n) is 1.91. The highest BCUT2D eigenvalue weighted by atomic mass is 16.6. The molecule has 0 amide bonds. The minimum absolute atomic E-state index is 0.0176. The lowest BCUT2D eigenvalue weighted by molar-refractivity contribution is -0.386. The van der Waals surface area contributed by atoms with E-state index >= 15 is 0 Å². The molecule has 6 nitrogen and oxygen atoms in total. The van der Waals surface area contributed by atoms with Crippen LogP contribution in [-0.2, 0) is 22.6 Å². The lowest BCUT2D eigenvalue weighted by Crippen LogP contribution is -2.05. The first-order chi connectivity index (χ1) is 10.6. The lowest BCUT2D eigenvalue weighted by atomic mass is 10.1. The Morgan fingerprint density at radius 1 is 1.14 bits per heavy atom. The summed E-state index contributed by atoms with van der Waals surface area (Å²) in [5.74, 6) is -0.283. The minimum atomic E-state index is -0.527. The van der Waals surface area contributed by atoms with Crippen LogP contribution in [0, 0.1) is 10.1 Å². The molecule has 0 saturated heterocycles. The Balaban J connectivity index is 2.16. The van der Waals surface area contributed by atoms with E-state index in [2.05, 4.69) is 4.74 Å². The predicted octanol–water partition coefficient (Wildman–Crippen LogP) is 2.89. The average molecular weight is 301 g/mol. The van der Waals surface area contributed by atoms with Crippen LogP contribution in [0.4, 0.5) is 5.69 Å². The number of nitro groups is 1. The quantitative estimate of drug-likeness (QED) is 0.465. The fourth-order valence-corrected chi connectivity index (χ4v) is 1.91. The highest BCUT2D eigenvalue weighted by Crippen LogP contribution is 2.29. The second-order valence-electron chi connectivity index (χ2n) is 4.59. The normalized spacial score (nSPS) is 10.0. The zero-order chi connectivity index (χ0) is 15.9. The van der Waals surface area contributed by atoms with Crippen LogP contribution < -0.4 is 4.74 Å². The molecule has 0 spiro atoms. The van der Waals surface area contributed by atoms with Gasteiger partial charge < -0.3 is 9.47 Å². The Morgan fingerprint density at radius 3 is 2.50 bits per heavy atom. The maximum atomic E-state index is 11.2. The van der Waals surface area contributed by atoms with Gasteiger partial charge in [0.2, 0.25) is 0 Å². The molecule has 2 aromatic rings. The number of nitro benzene ring substituents is 1. The van der Waals surface area contributed by atoms with Gasteiger partial charge in [-0.1, -0.05) is 36.4 Å². The molecule has 0 aliphatic carbocycles. The van der Waals surface area contributed by atoms with E-state index in [-0.39, 0.29) is 24.5 Å². The van der Waals surface area contributed by atoms with Gasteiger partial charge in [-0.25, -0.2) is 0 Å². The zero-order valence-electron chi connectivity index (χ0n) is 12.0. The van der Waals surface area contributed by atoms with Crippen LogP contribution in [-0.4, -0.2) is 18.0 Å². The van der Waals surface area contributed by atoms with Crippen LogP contribution in [0.1, 0.15) is 11.1 Å². The van der Waals surface area contributed by atoms with Gasteiger partial charge in [0.05, 0.1) is 18.5 Å². The summed E-state index contributed by atoms with van der Waals surface area (Å²) in [7, 11) is 1.27. The monoisotopic (exact) mass is 301 g/mol. The number of ether oxygens (including phenoxy) is 2. The number of rotatable bonds is 6. The van der Waals surface area contributed by atoms with Crippen molar-refractivity contribution in [3.8, 4) is 5.75 Å². The Hall–Kier alpha value is -2.89. The van der Waals surface area contributed by atoms with E-state index < -0.39 is 10.9 Å². The van der Waals surface area contributed by atoms with E-state index in [1.165, 1.54) is 19.2 Å². The topological polar surface area (TPSA) is 78.7 Å². The van der Waals surface area contributed by atoms with Gasteiger partial charge in [-0.3, -0.25) is 14.9 Å². The highest BCUT2D eigenvalue weighted by Gasteiger charge is 2.17. The molecule has 0 heterocycles. The molecule has 0 N–H and O–H groups in total. The number of methoxy groups -OCH3 is 1. The van der Waals surface area contributed by atoms with E-state index in [9.17, 15) is 14.9 Å². The van der Waals surface area contributed by atoms with Gasteiger partial charge >= 0.3 is 11.7 Å². The molecule has 0 aliphatic rings. The predicted molar refractivity (Wildman–Crippen MR) is 79.6 cm³/mol. The maximum absolute atomic E-state index is 11.2. The van der Waals surface area contributed by atoms with Crippen LogP contribution in [0.2, 0.25) is 0 Å². The fraction of sp³-hybridized carbons (Fsp3) is 0.188. The van der Waals surface area contributed by atoms with Crippen molar-refractivity contribution in [1.29, 1.82) is 0 Å². The van der Waals surface area contributed by atoms with Crippen molar-refractivity contribution in [3.63, 3.8) is 0 Å². The largest absolute Gasteiger partial charge is 0.482 e. The molecule has 2 rings (SSSR count). The summed E-state index contributed by atoms with van der Waals surface area (Å²) in [6.45, 7) is 0.234. The molecule has 22 heavy (non-hydrogen) atoms. The van der Waals surface area contributed by atoms with Gasteiger partial charge in [0, 0.05) is 6.07 Å². The Bertz CT molecular complexity index is 669. The number of hydrogen-bond donors (Lipinski definition) is 0. The molecule has 2 aromatic carbocycles. The summed E-state index contributed by atoms with van der Waals surface area (Å²) in [4.78, 5) is 21.9. The van der Waals surface area contributed by atoms with Gasteiger partial charge in [0.15, 0.2) is 5.75 Å². The molecular weight excluding hydrogens is 286 g/mol. The third-order valence-corrected chi connectivity index (χ3v) is 3.03. The highest BCUT2D eigenvalue weighted by molar-refractivity contribution is 5.73. The van der Waals surface area contributed by atoms with Gasteiger partial charge in [-0.2, -0.15) is 0 Å². The molecule has 6 heteroatoms. The molecule has 0 bridgehead atoms. The van der Waals surface area contributed by atoms with E-state index in [0.717, 1.165) is 5.56 Å². The number of carbonyl (C=O) groups excluding carboxylic acids is 1. The van der Waals surface area contributed by atoms with Crippen molar-refractivity contribution in [2.45, 2.75) is 13.0 Å². The molecule has 0 unspecified atom stereocenters. The van der Waals surface area contributed by atoms with Gasteiger partial charge in [0.25, 0.3) is 0 Å². The van der Waals surface area contributed by atoms with E-state index in [4.69, 9.17) is 4.74 Å². The molecular formula is C16H15NO5. The molecule has 0 aromatic heterocycles. The first-order valence-electron chi connectivity index (χ1n) is 6.61. The summed E-state index contributed by atoms with van der Waals surface area (Å²) < 4.78 is 10.1. The zero-order valence-corrected chi connectivity index (χ0v) is 12.0. The van der Waals surface area contributed by atoms with Gasteiger partial charge in [-0.05, 0) is 17.2 Å². The smallest absolute Gasteiger partial charge is 0.311 e. The van der Waals surface area contributed by atoms with E-state index in [1.54, 1.807) is 6.07 Å². The second-order valence-corrected chi connectivity index (χ2v) is 4.59. The van der Waals surface area contributed by atoms with Crippen molar-refractivity contribution in [2.24, 2.45) is 0 Å². The number of hydrogen-bond acceptors (Lipinski definition) is 5. The van der Waals surface area contributed by atoms with Crippen LogP contribution in [0.25, 0.3) is 0 Å². The Kier molecular flexibility index (Phi) is 5.08. The van der Waals surface area contributed by atoms with Crippen LogP contribution in [0.3, 0.4) is 0 Å². The summed E-state index contributed by atoms with van der Waals surface area (Å²) in [6.07, 6.45) is -0.0176. The first-order valence-corrected chi connectivity index (χ1v) is 6.61. The summed E-state index contributed by atoms with van der Waals surface area (Å²) >= 11 is 0. The molecule has 0 atom stereocenters. The van der Waals surface area contributed by atoms with Crippen molar-refractivity contribution >= 4 is 11.7 Å². The third kappa shape index (κ3) is 4.05. The Morgan fingerprint density at radius 2 is 1.86 bits per heavy atom. The minimum Gasteiger partial charge on any atom is -0.482 e. The van der Waals surface area contributed by atoms with E-state index in [0.29, 0.717) is 5.56 Å². The number of esters is 1. The molecule has 0 saturated carbocycles. The van der Waals surface area contributed by atoms with Crippen LogP contribution >= 0.6 is 0 Å². The molecule has 0 radical (unpaired) electrons. The van der Waals surface area contributed by atoms with Crippen molar-refractivity contribution in [1.82, 2.24) is 0 Å². The summed E-state index contributed by atoms with van der Waals surface area (Å²) in [5.41, 5.74) is 1.25. The Labute approximate surface area is 127 Å². The van der Waals surface area contributed by atoms with Crippen LogP contribution in [0.15, 0.2) is 48.5 Å². The van der Waals surface area contributed by atoms with E-state index in [1.807, 2.05) is 30.3 Å². The average Bonchev–Trinajstić information content (AvgIpc) is 2.54. The van der Waals surface area contributed by atoms with Crippen molar-refractivity contribution in [3.05, 3.63) is 69.8 Å². The summed E-state index contributed by atoms with van der Waals surface area (Å²) in [5, 5.41) is 11.2. The molecule has 0 aliphatic heterocycles. The molecule has 114 valence electrons. The first kappa shape index (κ1) is 15.5. The SMILES string of the molecule is COC(=O)Cc1ccc(OCc2ccccc2)c([N+](=O)[O-])c1. The number of carbonyl (C=O) groups is 1. The number of benzene rings is 2.